The number of hydrogen-bond acceptors (Lipinski definition) is 6. The first-order valence-electron chi connectivity index (χ1n) is 11.5. The molecule has 1 fully saturated rings. The van der Waals surface area contributed by atoms with E-state index in [9.17, 15) is 9.90 Å². The van der Waals surface area contributed by atoms with Crippen LogP contribution in [0.2, 0.25) is 5.02 Å². The lowest BCUT2D eigenvalue weighted by Gasteiger charge is -2.32. The summed E-state index contributed by atoms with van der Waals surface area (Å²) >= 11 is 5.93. The first-order chi connectivity index (χ1) is 15.9. The number of aryl methyl sites for hydroxylation is 2. The van der Waals surface area contributed by atoms with Gasteiger partial charge in [-0.2, -0.15) is 0 Å². The number of benzene rings is 1. The fraction of sp³-hybridized carbons (Fsp3) is 0.520. The number of pyridine rings is 1. The molecular formula is C25H34ClN3O4. The second-order valence-corrected chi connectivity index (χ2v) is 9.17. The molecule has 2 heterocycles. The van der Waals surface area contributed by atoms with Crippen molar-refractivity contribution in [1.29, 1.82) is 0 Å². The number of hydrogen-bond donors (Lipinski definition) is 3. The molecule has 180 valence electrons. The zero-order valence-electron chi connectivity index (χ0n) is 19.4. The number of nitrogens with zero attached hydrogens (tertiary/aromatic N) is 2. The van der Waals surface area contributed by atoms with Crippen molar-refractivity contribution in [2.24, 2.45) is 5.92 Å². The largest absolute Gasteiger partial charge is 0.494 e. The number of anilines is 1. The molecule has 1 aliphatic rings. The summed E-state index contributed by atoms with van der Waals surface area (Å²) in [5, 5.41) is 21.6. The van der Waals surface area contributed by atoms with Gasteiger partial charge in [0, 0.05) is 31.4 Å². The Morgan fingerprint density at radius 3 is 2.58 bits per heavy atom. The average molecular weight is 476 g/mol. The first kappa shape index (κ1) is 25.3. The number of aliphatic hydroxyl groups is 2. The Hall–Kier alpha value is -2.35. The number of aliphatic hydroxyl groups excluding tert-OH is 2. The number of aromatic nitrogens is 1. The second-order valence-electron chi connectivity index (χ2n) is 8.73. The maximum atomic E-state index is 12.4. The molecule has 1 aromatic carbocycles. The quantitative estimate of drug-likeness (QED) is 0.455. The third-order valence-corrected chi connectivity index (χ3v) is 6.34. The number of nitrogens with one attached hydrogen (secondary N) is 1. The topological polar surface area (TPSA) is 94.9 Å². The number of carbonyl (C=O) groups is 1. The van der Waals surface area contributed by atoms with Gasteiger partial charge >= 0.3 is 0 Å². The number of rotatable bonds is 10. The van der Waals surface area contributed by atoms with Gasteiger partial charge in [0.15, 0.2) is 0 Å². The van der Waals surface area contributed by atoms with Crippen molar-refractivity contribution in [3.05, 3.63) is 52.2 Å². The molecule has 3 rings (SSSR count). The molecule has 1 amide bonds. The SMILES string of the molecule is Cc1cc(OCCCC2CCN(c3ccc(Cl)cn3)CC2)cc(C)c1C(=O)NCC(O)CO. The predicted molar refractivity (Wildman–Crippen MR) is 130 cm³/mol. The van der Waals surface area contributed by atoms with Crippen molar-refractivity contribution in [3.63, 3.8) is 0 Å². The molecule has 1 unspecified atom stereocenters. The van der Waals surface area contributed by atoms with Crippen LogP contribution in [0, 0.1) is 19.8 Å². The molecule has 0 spiro atoms. The Morgan fingerprint density at radius 2 is 1.97 bits per heavy atom. The number of ether oxygens (including phenoxy) is 1. The highest BCUT2D eigenvalue weighted by Gasteiger charge is 2.20. The second kappa shape index (κ2) is 12.2. The summed E-state index contributed by atoms with van der Waals surface area (Å²) < 4.78 is 5.97. The average Bonchev–Trinajstić information content (AvgIpc) is 2.81. The normalized spacial score (nSPS) is 15.4. The van der Waals surface area contributed by atoms with Crippen LogP contribution in [-0.4, -0.2) is 60.1 Å². The minimum absolute atomic E-state index is 0.0155. The van der Waals surface area contributed by atoms with E-state index in [1.807, 2.05) is 38.1 Å². The lowest BCUT2D eigenvalue weighted by molar-refractivity contribution is 0.0801. The highest BCUT2D eigenvalue weighted by Crippen LogP contribution is 2.26. The van der Waals surface area contributed by atoms with Gasteiger partial charge < -0.3 is 25.2 Å². The Kier molecular flexibility index (Phi) is 9.35. The summed E-state index contributed by atoms with van der Waals surface area (Å²) in [6.45, 7) is 6.05. The van der Waals surface area contributed by atoms with E-state index < -0.39 is 6.10 Å². The Morgan fingerprint density at radius 1 is 1.27 bits per heavy atom. The molecule has 7 nitrogen and oxygen atoms in total. The fourth-order valence-electron chi connectivity index (χ4n) is 4.30. The van der Waals surface area contributed by atoms with Crippen molar-refractivity contribution in [3.8, 4) is 5.75 Å². The van der Waals surface area contributed by atoms with Crippen molar-refractivity contribution in [2.45, 2.75) is 45.6 Å². The van der Waals surface area contributed by atoms with Crippen molar-refractivity contribution in [2.75, 3.05) is 37.7 Å². The third kappa shape index (κ3) is 7.32. The van der Waals surface area contributed by atoms with E-state index in [2.05, 4.69) is 15.2 Å². The Labute approximate surface area is 200 Å². The molecule has 33 heavy (non-hydrogen) atoms. The summed E-state index contributed by atoms with van der Waals surface area (Å²) in [6.07, 6.45) is 5.16. The molecule has 0 radical (unpaired) electrons. The van der Waals surface area contributed by atoms with Crippen molar-refractivity contribution >= 4 is 23.3 Å². The van der Waals surface area contributed by atoms with Gasteiger partial charge in [-0.25, -0.2) is 4.98 Å². The van der Waals surface area contributed by atoms with Crippen LogP contribution in [0.25, 0.3) is 0 Å². The van der Waals surface area contributed by atoms with E-state index in [1.165, 1.54) is 0 Å². The fourth-order valence-corrected chi connectivity index (χ4v) is 4.41. The van der Waals surface area contributed by atoms with Crippen LogP contribution >= 0.6 is 11.6 Å². The van der Waals surface area contributed by atoms with Gasteiger partial charge in [-0.1, -0.05) is 11.6 Å². The van der Waals surface area contributed by atoms with Gasteiger partial charge in [0.1, 0.15) is 11.6 Å². The van der Waals surface area contributed by atoms with E-state index >= 15 is 0 Å². The molecule has 1 saturated heterocycles. The zero-order valence-corrected chi connectivity index (χ0v) is 20.1. The number of piperidine rings is 1. The van der Waals surface area contributed by atoms with Gasteiger partial charge in [-0.05, 0) is 80.8 Å². The molecule has 1 atom stereocenters. The number of carbonyl (C=O) groups excluding carboxylic acids is 1. The lowest BCUT2D eigenvalue weighted by Crippen LogP contribution is -2.34. The van der Waals surface area contributed by atoms with Crippen LogP contribution in [0.1, 0.15) is 47.2 Å². The number of amides is 1. The standard InChI is InChI=1S/C25H34ClN3O4/c1-17-12-22(13-18(2)24(17)25(32)28-15-21(31)16-30)33-11-3-4-19-7-9-29(10-8-19)23-6-5-20(26)14-27-23/h5-6,12-14,19,21,30-31H,3-4,7-11,15-16H2,1-2H3,(H,28,32). The molecular weight excluding hydrogens is 442 g/mol. The van der Waals surface area contributed by atoms with Gasteiger partial charge in [0.25, 0.3) is 5.91 Å². The summed E-state index contributed by atoms with van der Waals surface area (Å²) in [6, 6.07) is 7.62. The first-order valence-corrected chi connectivity index (χ1v) is 11.9. The van der Waals surface area contributed by atoms with E-state index in [1.54, 1.807) is 6.20 Å². The number of halogens is 1. The summed E-state index contributed by atoms with van der Waals surface area (Å²) in [7, 11) is 0. The molecule has 8 heteroatoms. The Balaban J connectivity index is 1.41. The Bertz CT molecular complexity index is 891. The minimum atomic E-state index is -0.960. The smallest absolute Gasteiger partial charge is 0.251 e. The van der Waals surface area contributed by atoms with Crippen molar-refractivity contribution in [1.82, 2.24) is 10.3 Å². The molecule has 2 aromatic rings. The minimum Gasteiger partial charge on any atom is -0.494 e. The summed E-state index contributed by atoms with van der Waals surface area (Å²) in [5.74, 6) is 2.19. The van der Waals surface area contributed by atoms with Gasteiger partial charge in [0.2, 0.25) is 0 Å². The van der Waals surface area contributed by atoms with Crippen LogP contribution in [0.4, 0.5) is 5.82 Å². The lowest BCUT2D eigenvalue weighted by atomic mass is 9.92. The molecule has 1 aliphatic heterocycles. The zero-order chi connectivity index (χ0) is 23.8. The van der Waals surface area contributed by atoms with Crippen LogP contribution in [0.3, 0.4) is 0 Å². The highest BCUT2D eigenvalue weighted by atomic mass is 35.5. The predicted octanol–water partition coefficient (Wildman–Crippen LogP) is 3.51. The maximum absolute atomic E-state index is 12.4. The monoisotopic (exact) mass is 475 g/mol. The van der Waals surface area contributed by atoms with Gasteiger partial charge in [-0.3, -0.25) is 4.79 Å². The molecule has 0 aliphatic carbocycles. The molecule has 3 N–H and O–H groups in total. The highest BCUT2D eigenvalue weighted by molar-refractivity contribution is 6.30. The van der Waals surface area contributed by atoms with Crippen molar-refractivity contribution < 1.29 is 19.7 Å². The maximum Gasteiger partial charge on any atom is 0.251 e. The van der Waals surface area contributed by atoms with Gasteiger partial charge in [-0.15, -0.1) is 0 Å². The molecule has 0 saturated carbocycles. The van der Waals surface area contributed by atoms with Crippen LogP contribution in [0.15, 0.2) is 30.5 Å². The van der Waals surface area contributed by atoms with Gasteiger partial charge in [0.05, 0.1) is 24.3 Å². The van der Waals surface area contributed by atoms with Crippen LogP contribution < -0.4 is 15.0 Å². The molecule has 1 aromatic heterocycles. The van der Waals surface area contributed by atoms with E-state index in [4.69, 9.17) is 21.4 Å². The molecule has 0 bridgehead atoms. The van der Waals surface area contributed by atoms with Crippen LogP contribution in [-0.2, 0) is 0 Å². The summed E-state index contributed by atoms with van der Waals surface area (Å²) in [5.41, 5.74) is 2.22. The van der Waals surface area contributed by atoms with E-state index in [-0.39, 0.29) is 19.1 Å². The van der Waals surface area contributed by atoms with E-state index in [0.29, 0.717) is 23.1 Å². The summed E-state index contributed by atoms with van der Waals surface area (Å²) in [4.78, 5) is 19.2. The van der Waals surface area contributed by atoms with E-state index in [0.717, 1.165) is 61.5 Å². The third-order valence-electron chi connectivity index (χ3n) is 6.12. The van der Waals surface area contributed by atoms with Crippen LogP contribution in [0.5, 0.6) is 5.75 Å².